The summed E-state index contributed by atoms with van der Waals surface area (Å²) in [6.45, 7) is 2.43. The van der Waals surface area contributed by atoms with Crippen LogP contribution in [0.15, 0.2) is 46.9 Å². The molecule has 110 valence electrons. The normalized spacial score (nSPS) is 10.2. The summed E-state index contributed by atoms with van der Waals surface area (Å²) in [4.78, 5) is 11.2. The monoisotopic (exact) mass is 350 g/mol. The van der Waals surface area contributed by atoms with Crippen LogP contribution in [-0.2, 0) is 0 Å². The number of hydrogen-bond donors (Lipinski definition) is 1. The molecule has 0 saturated heterocycles. The van der Waals surface area contributed by atoms with Crippen molar-refractivity contribution in [2.75, 3.05) is 13.2 Å². The lowest BCUT2D eigenvalue weighted by molar-refractivity contribution is 0.0691. The zero-order valence-electron chi connectivity index (χ0n) is 11.5. The van der Waals surface area contributed by atoms with E-state index in [2.05, 4.69) is 15.9 Å². The molecule has 0 radical (unpaired) electrons. The lowest BCUT2D eigenvalue weighted by Crippen LogP contribution is -2.12. The van der Waals surface area contributed by atoms with E-state index in [1.165, 1.54) is 6.07 Å². The van der Waals surface area contributed by atoms with Gasteiger partial charge in [0, 0.05) is 4.47 Å². The molecule has 0 spiro atoms. The highest BCUT2D eigenvalue weighted by Crippen LogP contribution is 2.28. The predicted molar refractivity (Wildman–Crippen MR) is 83.3 cm³/mol. The lowest BCUT2D eigenvalue weighted by atomic mass is 10.1. The average Bonchev–Trinajstić information content (AvgIpc) is 2.45. The quantitative estimate of drug-likeness (QED) is 0.802. The zero-order chi connectivity index (χ0) is 15.2. The number of halogens is 1. The molecular weight excluding hydrogens is 336 g/mol. The second-order valence-corrected chi connectivity index (χ2v) is 5.33. The predicted octanol–water partition coefficient (Wildman–Crippen LogP) is 3.91. The first kappa shape index (κ1) is 15.4. The van der Waals surface area contributed by atoms with Crippen LogP contribution in [0.25, 0.3) is 0 Å². The van der Waals surface area contributed by atoms with Crippen LogP contribution in [-0.4, -0.2) is 24.3 Å². The Morgan fingerprint density at radius 2 is 1.81 bits per heavy atom. The molecule has 0 atom stereocenters. The molecule has 0 bridgehead atoms. The highest BCUT2D eigenvalue weighted by Gasteiger charge is 2.15. The second-order valence-electron chi connectivity index (χ2n) is 4.41. The maximum absolute atomic E-state index is 11.2. The van der Waals surface area contributed by atoms with Crippen molar-refractivity contribution in [3.63, 3.8) is 0 Å². The largest absolute Gasteiger partial charge is 0.490 e. The number of para-hydroxylation sites is 1. The van der Waals surface area contributed by atoms with Gasteiger partial charge < -0.3 is 14.6 Å². The molecular formula is C16H15BrO4. The summed E-state index contributed by atoms with van der Waals surface area (Å²) in [6.07, 6.45) is 0. The third kappa shape index (κ3) is 4.23. The first-order valence-corrected chi connectivity index (χ1v) is 7.21. The van der Waals surface area contributed by atoms with E-state index in [0.717, 1.165) is 11.3 Å². The molecule has 0 aromatic heterocycles. The van der Waals surface area contributed by atoms with Gasteiger partial charge in [-0.25, -0.2) is 4.79 Å². The van der Waals surface area contributed by atoms with E-state index < -0.39 is 5.97 Å². The third-order valence-electron chi connectivity index (χ3n) is 2.81. The Kier molecular flexibility index (Phi) is 5.22. The van der Waals surface area contributed by atoms with Crippen LogP contribution in [0.4, 0.5) is 0 Å². The summed E-state index contributed by atoms with van der Waals surface area (Å²) in [5, 5.41) is 9.22. The maximum atomic E-state index is 11.2. The molecule has 5 heteroatoms. The van der Waals surface area contributed by atoms with Crippen molar-refractivity contribution >= 4 is 21.9 Å². The van der Waals surface area contributed by atoms with Crippen LogP contribution in [0.1, 0.15) is 15.9 Å². The fourth-order valence-electron chi connectivity index (χ4n) is 1.90. The summed E-state index contributed by atoms with van der Waals surface area (Å²) in [7, 11) is 0. The molecule has 1 N–H and O–H groups in total. The summed E-state index contributed by atoms with van der Waals surface area (Å²) in [5.74, 6) is 0.118. The van der Waals surface area contributed by atoms with E-state index in [-0.39, 0.29) is 12.2 Å². The van der Waals surface area contributed by atoms with Gasteiger partial charge in [-0.3, -0.25) is 0 Å². The minimum atomic E-state index is -1.02. The van der Waals surface area contributed by atoms with Gasteiger partial charge in [0.05, 0.1) is 0 Å². The number of hydrogen-bond acceptors (Lipinski definition) is 3. The maximum Gasteiger partial charge on any atom is 0.339 e. The highest BCUT2D eigenvalue weighted by atomic mass is 79.9. The van der Waals surface area contributed by atoms with Crippen molar-refractivity contribution in [3.8, 4) is 11.5 Å². The Hall–Kier alpha value is -2.01. The van der Waals surface area contributed by atoms with Crippen molar-refractivity contribution < 1.29 is 19.4 Å². The number of rotatable bonds is 6. The van der Waals surface area contributed by atoms with Gasteiger partial charge in [0.15, 0.2) is 0 Å². The number of aromatic carboxylic acids is 1. The van der Waals surface area contributed by atoms with Crippen LogP contribution in [0.5, 0.6) is 11.5 Å². The van der Waals surface area contributed by atoms with Crippen molar-refractivity contribution in [3.05, 3.63) is 58.1 Å². The van der Waals surface area contributed by atoms with E-state index in [4.69, 9.17) is 9.47 Å². The van der Waals surface area contributed by atoms with Crippen LogP contribution >= 0.6 is 15.9 Å². The van der Waals surface area contributed by atoms with Gasteiger partial charge in [-0.1, -0.05) is 34.1 Å². The molecule has 0 aliphatic heterocycles. The van der Waals surface area contributed by atoms with Crippen LogP contribution in [0, 0.1) is 6.92 Å². The van der Waals surface area contributed by atoms with Gasteiger partial charge in [0.2, 0.25) is 0 Å². The van der Waals surface area contributed by atoms with E-state index in [9.17, 15) is 9.90 Å². The Balaban J connectivity index is 1.98. The molecule has 0 saturated carbocycles. The molecule has 4 nitrogen and oxygen atoms in total. The molecule has 21 heavy (non-hydrogen) atoms. The molecule has 2 rings (SSSR count). The van der Waals surface area contributed by atoms with Crippen molar-refractivity contribution in [1.82, 2.24) is 0 Å². The van der Waals surface area contributed by atoms with E-state index in [0.29, 0.717) is 16.8 Å². The molecule has 2 aromatic carbocycles. The first-order chi connectivity index (χ1) is 10.1. The minimum absolute atomic E-state index is 0.140. The number of carbonyl (C=O) groups is 1. The topological polar surface area (TPSA) is 55.8 Å². The van der Waals surface area contributed by atoms with Crippen LogP contribution in [0.3, 0.4) is 0 Å². The van der Waals surface area contributed by atoms with Gasteiger partial charge in [-0.2, -0.15) is 0 Å². The molecule has 0 aliphatic carbocycles. The summed E-state index contributed by atoms with van der Waals surface area (Å²) in [6, 6.07) is 12.7. The molecule has 0 amide bonds. The number of carboxylic acids is 1. The Morgan fingerprint density at radius 1 is 1.14 bits per heavy atom. The van der Waals surface area contributed by atoms with Crippen LogP contribution < -0.4 is 9.47 Å². The molecule has 0 fully saturated rings. The van der Waals surface area contributed by atoms with Crippen molar-refractivity contribution in [1.29, 1.82) is 0 Å². The van der Waals surface area contributed by atoms with Crippen molar-refractivity contribution in [2.45, 2.75) is 6.92 Å². The summed E-state index contributed by atoms with van der Waals surface area (Å²) < 4.78 is 11.8. The van der Waals surface area contributed by atoms with Gasteiger partial charge in [0.25, 0.3) is 0 Å². The molecule has 0 aliphatic rings. The van der Waals surface area contributed by atoms with Gasteiger partial charge in [0.1, 0.15) is 30.3 Å². The van der Waals surface area contributed by atoms with Crippen LogP contribution in [0.2, 0.25) is 0 Å². The Labute approximate surface area is 131 Å². The van der Waals surface area contributed by atoms with Gasteiger partial charge in [-0.05, 0) is 36.8 Å². The molecule has 0 unspecified atom stereocenters. The zero-order valence-corrected chi connectivity index (χ0v) is 13.1. The SMILES string of the molecule is Cc1cc(Br)cc(C(=O)O)c1OCCOc1ccccc1. The Morgan fingerprint density at radius 3 is 2.48 bits per heavy atom. The smallest absolute Gasteiger partial charge is 0.339 e. The third-order valence-corrected chi connectivity index (χ3v) is 3.27. The Bertz CT molecular complexity index is 626. The summed E-state index contributed by atoms with van der Waals surface area (Å²) >= 11 is 3.28. The standard InChI is InChI=1S/C16H15BrO4/c1-11-9-12(17)10-14(16(18)19)15(11)21-8-7-20-13-5-3-2-4-6-13/h2-6,9-10H,7-8H2,1H3,(H,18,19). The molecule has 2 aromatic rings. The number of ether oxygens (including phenoxy) is 2. The van der Waals surface area contributed by atoms with Gasteiger partial charge in [-0.15, -0.1) is 0 Å². The average molecular weight is 351 g/mol. The minimum Gasteiger partial charge on any atom is -0.490 e. The summed E-state index contributed by atoms with van der Waals surface area (Å²) in [5.41, 5.74) is 0.906. The first-order valence-electron chi connectivity index (χ1n) is 6.42. The number of benzene rings is 2. The van der Waals surface area contributed by atoms with E-state index >= 15 is 0 Å². The van der Waals surface area contributed by atoms with E-state index in [1.807, 2.05) is 43.3 Å². The highest BCUT2D eigenvalue weighted by molar-refractivity contribution is 9.10. The second kappa shape index (κ2) is 7.13. The lowest BCUT2D eigenvalue weighted by Gasteiger charge is -2.13. The van der Waals surface area contributed by atoms with Gasteiger partial charge >= 0.3 is 5.97 Å². The number of carboxylic acid groups (broad SMARTS) is 1. The molecule has 0 heterocycles. The van der Waals surface area contributed by atoms with E-state index in [1.54, 1.807) is 0 Å². The fraction of sp³-hybridized carbons (Fsp3) is 0.188. The fourth-order valence-corrected chi connectivity index (χ4v) is 2.47. The number of aryl methyl sites for hydroxylation is 1. The van der Waals surface area contributed by atoms with Crippen molar-refractivity contribution in [2.24, 2.45) is 0 Å².